The van der Waals surface area contributed by atoms with Crippen LogP contribution in [0.2, 0.25) is 0 Å². The first-order valence-electron chi connectivity index (χ1n) is 6.36. The van der Waals surface area contributed by atoms with E-state index < -0.39 is 0 Å². The Hall–Kier alpha value is -0.830. The van der Waals surface area contributed by atoms with Gasteiger partial charge in [0.2, 0.25) is 0 Å². The average Bonchev–Trinajstić information content (AvgIpc) is 2.63. The molecule has 92 valence electrons. The molecule has 1 N–H and O–H groups in total. The molecule has 0 spiro atoms. The van der Waals surface area contributed by atoms with Gasteiger partial charge in [-0.05, 0) is 18.9 Å². The van der Waals surface area contributed by atoms with E-state index in [9.17, 15) is 0 Å². The standard InChI is InChI=1S/C13H25N3/c1-5-6-13-14-7-8-16(13)10-12(4)9-15-11(2)3/h7-8,11-12,15H,5-6,9-10H2,1-4H3. The van der Waals surface area contributed by atoms with Gasteiger partial charge in [0.1, 0.15) is 5.82 Å². The van der Waals surface area contributed by atoms with E-state index in [4.69, 9.17) is 0 Å². The van der Waals surface area contributed by atoms with Gasteiger partial charge in [-0.3, -0.25) is 0 Å². The Morgan fingerprint density at radius 3 is 2.75 bits per heavy atom. The van der Waals surface area contributed by atoms with Crippen LogP contribution in [0.25, 0.3) is 0 Å². The lowest BCUT2D eigenvalue weighted by atomic mass is 10.1. The molecule has 0 aliphatic rings. The topological polar surface area (TPSA) is 29.9 Å². The molecule has 0 aliphatic carbocycles. The molecule has 3 heteroatoms. The fraction of sp³-hybridized carbons (Fsp3) is 0.769. The van der Waals surface area contributed by atoms with Crippen LogP contribution in [0.4, 0.5) is 0 Å². The molecular formula is C13H25N3. The number of imidazole rings is 1. The van der Waals surface area contributed by atoms with Crippen molar-refractivity contribution in [3.63, 3.8) is 0 Å². The van der Waals surface area contributed by atoms with Crippen LogP contribution in [-0.2, 0) is 13.0 Å². The van der Waals surface area contributed by atoms with Gasteiger partial charge in [0, 0.05) is 31.4 Å². The zero-order chi connectivity index (χ0) is 12.0. The molecule has 1 heterocycles. The van der Waals surface area contributed by atoms with E-state index in [0.29, 0.717) is 12.0 Å². The average molecular weight is 223 g/mol. The molecule has 0 saturated carbocycles. The minimum atomic E-state index is 0.570. The number of aromatic nitrogens is 2. The fourth-order valence-electron chi connectivity index (χ4n) is 1.80. The van der Waals surface area contributed by atoms with E-state index in [1.807, 2.05) is 6.20 Å². The zero-order valence-corrected chi connectivity index (χ0v) is 11.0. The summed E-state index contributed by atoms with van der Waals surface area (Å²) in [6.45, 7) is 11.0. The third kappa shape index (κ3) is 4.35. The van der Waals surface area contributed by atoms with Crippen LogP contribution < -0.4 is 5.32 Å². The smallest absolute Gasteiger partial charge is 0.108 e. The monoisotopic (exact) mass is 223 g/mol. The highest BCUT2D eigenvalue weighted by molar-refractivity contribution is 4.92. The van der Waals surface area contributed by atoms with Crippen molar-refractivity contribution in [2.24, 2.45) is 5.92 Å². The summed E-state index contributed by atoms with van der Waals surface area (Å²) in [5.41, 5.74) is 0. The number of nitrogens with one attached hydrogen (secondary N) is 1. The summed E-state index contributed by atoms with van der Waals surface area (Å²) in [5, 5.41) is 3.48. The summed E-state index contributed by atoms with van der Waals surface area (Å²) in [7, 11) is 0. The predicted molar refractivity (Wildman–Crippen MR) is 68.5 cm³/mol. The molecule has 0 aromatic carbocycles. The second-order valence-electron chi connectivity index (χ2n) is 4.91. The number of nitrogens with zero attached hydrogens (tertiary/aromatic N) is 2. The van der Waals surface area contributed by atoms with E-state index in [0.717, 1.165) is 25.9 Å². The summed E-state index contributed by atoms with van der Waals surface area (Å²) in [5.74, 6) is 1.87. The molecule has 0 radical (unpaired) electrons. The van der Waals surface area contributed by atoms with E-state index in [1.165, 1.54) is 5.82 Å². The van der Waals surface area contributed by atoms with Crippen molar-refractivity contribution < 1.29 is 0 Å². The first-order chi connectivity index (χ1) is 7.63. The van der Waals surface area contributed by atoms with Gasteiger partial charge in [0.05, 0.1) is 0 Å². The van der Waals surface area contributed by atoms with Crippen molar-refractivity contribution in [1.82, 2.24) is 14.9 Å². The third-order valence-electron chi connectivity index (χ3n) is 2.66. The summed E-state index contributed by atoms with van der Waals surface area (Å²) in [6.07, 6.45) is 6.25. The van der Waals surface area contributed by atoms with Gasteiger partial charge >= 0.3 is 0 Å². The maximum Gasteiger partial charge on any atom is 0.108 e. The minimum absolute atomic E-state index is 0.570. The second-order valence-corrected chi connectivity index (χ2v) is 4.91. The van der Waals surface area contributed by atoms with Gasteiger partial charge < -0.3 is 9.88 Å². The van der Waals surface area contributed by atoms with Gasteiger partial charge in [0.25, 0.3) is 0 Å². The quantitative estimate of drug-likeness (QED) is 0.769. The second kappa shape index (κ2) is 6.69. The molecule has 1 rings (SSSR count). The van der Waals surface area contributed by atoms with Crippen molar-refractivity contribution in [3.8, 4) is 0 Å². The normalized spacial score (nSPS) is 13.3. The fourth-order valence-corrected chi connectivity index (χ4v) is 1.80. The van der Waals surface area contributed by atoms with Crippen LogP contribution in [-0.4, -0.2) is 22.1 Å². The van der Waals surface area contributed by atoms with E-state index in [-0.39, 0.29) is 0 Å². The Morgan fingerprint density at radius 2 is 2.12 bits per heavy atom. The zero-order valence-electron chi connectivity index (χ0n) is 11.0. The van der Waals surface area contributed by atoms with Crippen molar-refractivity contribution >= 4 is 0 Å². The highest BCUT2D eigenvalue weighted by Crippen LogP contribution is 2.06. The molecule has 1 aromatic rings. The van der Waals surface area contributed by atoms with Crippen molar-refractivity contribution in [2.75, 3.05) is 6.54 Å². The molecular weight excluding hydrogens is 198 g/mol. The van der Waals surface area contributed by atoms with Crippen LogP contribution in [0.3, 0.4) is 0 Å². The van der Waals surface area contributed by atoms with Gasteiger partial charge in [-0.25, -0.2) is 4.98 Å². The lowest BCUT2D eigenvalue weighted by Gasteiger charge is -2.16. The number of rotatable bonds is 7. The lowest BCUT2D eigenvalue weighted by Crippen LogP contribution is -2.29. The predicted octanol–water partition coefficient (Wildman–Crippen LogP) is 2.47. The van der Waals surface area contributed by atoms with Gasteiger partial charge in [-0.2, -0.15) is 0 Å². The van der Waals surface area contributed by atoms with Crippen molar-refractivity contribution in [3.05, 3.63) is 18.2 Å². The maximum atomic E-state index is 4.40. The van der Waals surface area contributed by atoms with Crippen LogP contribution >= 0.6 is 0 Å². The first-order valence-corrected chi connectivity index (χ1v) is 6.36. The van der Waals surface area contributed by atoms with Gasteiger partial charge in [0.15, 0.2) is 0 Å². The van der Waals surface area contributed by atoms with Gasteiger partial charge in [-0.15, -0.1) is 0 Å². The Labute approximate surface area is 99.3 Å². The number of hydrogen-bond donors (Lipinski definition) is 1. The third-order valence-corrected chi connectivity index (χ3v) is 2.66. The molecule has 3 nitrogen and oxygen atoms in total. The Morgan fingerprint density at radius 1 is 1.38 bits per heavy atom. The molecule has 0 fully saturated rings. The molecule has 1 atom stereocenters. The van der Waals surface area contributed by atoms with Crippen molar-refractivity contribution in [2.45, 2.75) is 53.1 Å². The maximum absolute atomic E-state index is 4.40. The molecule has 0 amide bonds. The largest absolute Gasteiger partial charge is 0.335 e. The lowest BCUT2D eigenvalue weighted by molar-refractivity contribution is 0.418. The summed E-state index contributed by atoms with van der Waals surface area (Å²) in [4.78, 5) is 4.40. The van der Waals surface area contributed by atoms with Crippen molar-refractivity contribution in [1.29, 1.82) is 0 Å². The molecule has 1 unspecified atom stereocenters. The molecule has 16 heavy (non-hydrogen) atoms. The summed E-state index contributed by atoms with van der Waals surface area (Å²) in [6, 6.07) is 0.570. The summed E-state index contributed by atoms with van der Waals surface area (Å²) >= 11 is 0. The Kier molecular flexibility index (Phi) is 5.53. The first kappa shape index (κ1) is 13.2. The number of hydrogen-bond acceptors (Lipinski definition) is 2. The Balaban J connectivity index is 2.42. The van der Waals surface area contributed by atoms with E-state index in [1.54, 1.807) is 0 Å². The van der Waals surface area contributed by atoms with Crippen LogP contribution in [0.5, 0.6) is 0 Å². The highest BCUT2D eigenvalue weighted by atomic mass is 15.1. The SMILES string of the molecule is CCCc1nccn1CC(C)CNC(C)C. The minimum Gasteiger partial charge on any atom is -0.335 e. The van der Waals surface area contributed by atoms with E-state index in [2.05, 4.69) is 48.8 Å². The molecule has 0 bridgehead atoms. The van der Waals surface area contributed by atoms with Crippen LogP contribution in [0, 0.1) is 5.92 Å². The number of aryl methyl sites for hydroxylation is 1. The summed E-state index contributed by atoms with van der Waals surface area (Å²) < 4.78 is 2.29. The van der Waals surface area contributed by atoms with Crippen LogP contribution in [0.1, 0.15) is 39.9 Å². The molecule has 0 saturated heterocycles. The van der Waals surface area contributed by atoms with E-state index >= 15 is 0 Å². The Bertz CT molecular complexity index is 291. The van der Waals surface area contributed by atoms with Gasteiger partial charge in [-0.1, -0.05) is 27.7 Å². The van der Waals surface area contributed by atoms with Crippen LogP contribution in [0.15, 0.2) is 12.4 Å². The molecule has 1 aromatic heterocycles. The highest BCUT2D eigenvalue weighted by Gasteiger charge is 2.07. The molecule has 0 aliphatic heterocycles.